The van der Waals surface area contributed by atoms with Gasteiger partial charge in [-0.25, -0.2) is 8.42 Å². The monoisotopic (exact) mass is 387 g/mol. The molecule has 2 aromatic rings. The van der Waals surface area contributed by atoms with E-state index in [4.69, 9.17) is 0 Å². The van der Waals surface area contributed by atoms with Crippen LogP contribution in [-0.2, 0) is 28.3 Å². The summed E-state index contributed by atoms with van der Waals surface area (Å²) in [5, 5.41) is 0. The van der Waals surface area contributed by atoms with Crippen molar-refractivity contribution in [2.75, 3.05) is 18.0 Å². The second-order valence-electron chi connectivity index (χ2n) is 7.58. The van der Waals surface area contributed by atoms with E-state index >= 15 is 0 Å². The van der Waals surface area contributed by atoms with Crippen molar-refractivity contribution in [3.63, 3.8) is 0 Å². The van der Waals surface area contributed by atoms with Gasteiger partial charge in [0.1, 0.15) is 0 Å². The molecular weight excluding hydrogens is 362 g/mol. The van der Waals surface area contributed by atoms with Crippen LogP contribution in [0.25, 0.3) is 0 Å². The van der Waals surface area contributed by atoms with E-state index in [2.05, 4.69) is 13.0 Å². The van der Waals surface area contributed by atoms with Gasteiger partial charge in [-0.3, -0.25) is 4.79 Å². The third kappa shape index (κ3) is 3.19. The number of carbonyl (C=O) groups is 1. The number of benzene rings is 1. The van der Waals surface area contributed by atoms with Crippen molar-refractivity contribution in [3.05, 3.63) is 48.3 Å². The fourth-order valence-electron chi connectivity index (χ4n) is 4.22. The summed E-state index contributed by atoms with van der Waals surface area (Å²) < 4.78 is 28.8. The Morgan fingerprint density at radius 3 is 2.48 bits per heavy atom. The summed E-state index contributed by atoms with van der Waals surface area (Å²) in [7, 11) is -1.68. The highest BCUT2D eigenvalue weighted by Gasteiger charge is 2.38. The van der Waals surface area contributed by atoms with Gasteiger partial charge in [-0.15, -0.1) is 0 Å². The van der Waals surface area contributed by atoms with E-state index in [1.54, 1.807) is 30.1 Å². The van der Waals surface area contributed by atoms with Gasteiger partial charge in [-0.1, -0.05) is 18.2 Å². The van der Waals surface area contributed by atoms with Gasteiger partial charge < -0.3 is 9.47 Å². The molecule has 27 heavy (non-hydrogen) atoms. The number of sulfonamides is 1. The van der Waals surface area contributed by atoms with E-state index in [1.807, 2.05) is 23.1 Å². The van der Waals surface area contributed by atoms with Gasteiger partial charge in [0.15, 0.2) is 0 Å². The maximum Gasteiger partial charge on any atom is 0.244 e. The highest BCUT2D eigenvalue weighted by molar-refractivity contribution is 7.89. The normalized spacial score (nSPS) is 21.4. The number of hydrogen-bond donors (Lipinski definition) is 0. The smallest absolute Gasteiger partial charge is 0.244 e. The molecule has 0 N–H and O–H groups in total. The molecule has 144 valence electrons. The Morgan fingerprint density at radius 2 is 1.81 bits per heavy atom. The predicted octanol–water partition coefficient (Wildman–Crippen LogP) is 2.40. The number of aryl methyl sites for hydroxylation is 1. The molecule has 1 saturated heterocycles. The summed E-state index contributed by atoms with van der Waals surface area (Å²) in [6.45, 7) is 2.85. The molecule has 1 aromatic carbocycles. The quantitative estimate of drug-likeness (QED) is 0.812. The topological polar surface area (TPSA) is 62.6 Å². The Kier molecular flexibility index (Phi) is 4.60. The largest absolute Gasteiger partial charge is 0.356 e. The first-order chi connectivity index (χ1) is 12.9. The third-order valence-electron chi connectivity index (χ3n) is 5.69. The molecule has 2 aliphatic heterocycles. The first-order valence-corrected chi connectivity index (χ1v) is 10.8. The number of anilines is 1. The van der Waals surface area contributed by atoms with Gasteiger partial charge in [0.05, 0.1) is 4.90 Å². The van der Waals surface area contributed by atoms with Crippen molar-refractivity contribution in [2.45, 2.75) is 37.1 Å². The summed E-state index contributed by atoms with van der Waals surface area (Å²) in [4.78, 5) is 15.4. The molecule has 0 aliphatic carbocycles. The molecule has 1 atom stereocenters. The summed E-state index contributed by atoms with van der Waals surface area (Å²) in [5.74, 6) is 0.00467. The average Bonchev–Trinajstić information content (AvgIpc) is 3.24. The van der Waals surface area contributed by atoms with Crippen LogP contribution in [-0.4, -0.2) is 42.3 Å². The van der Waals surface area contributed by atoms with Crippen molar-refractivity contribution >= 4 is 21.6 Å². The van der Waals surface area contributed by atoms with E-state index in [9.17, 15) is 13.2 Å². The summed E-state index contributed by atoms with van der Waals surface area (Å²) in [6, 6.07) is 9.83. The second-order valence-corrected chi connectivity index (χ2v) is 9.52. The number of carbonyl (C=O) groups excluding carboxylic acids is 1. The molecule has 4 rings (SSSR count). The maximum absolute atomic E-state index is 13.2. The molecule has 1 aromatic heterocycles. The number of hydrogen-bond acceptors (Lipinski definition) is 3. The molecule has 6 nitrogen and oxygen atoms in total. The minimum atomic E-state index is -3.48. The van der Waals surface area contributed by atoms with Crippen molar-refractivity contribution in [1.82, 2.24) is 8.87 Å². The Bertz CT molecular complexity index is 958. The molecule has 2 aliphatic rings. The van der Waals surface area contributed by atoms with Crippen molar-refractivity contribution in [2.24, 2.45) is 13.0 Å². The molecule has 1 amide bonds. The Hall–Kier alpha value is -2.12. The zero-order valence-corrected chi connectivity index (χ0v) is 16.5. The lowest BCUT2D eigenvalue weighted by Crippen LogP contribution is -2.46. The minimum Gasteiger partial charge on any atom is -0.356 e. The Balaban J connectivity index is 1.46. The SMILES string of the molecule is C[C@@H]1Cc2ccccc2N1C(=O)C1CCN(S(=O)(=O)c2ccn(C)c2)CC1. The Labute approximate surface area is 160 Å². The zero-order chi connectivity index (χ0) is 19.2. The van der Waals surface area contributed by atoms with Crippen molar-refractivity contribution < 1.29 is 13.2 Å². The van der Waals surface area contributed by atoms with E-state index in [0.717, 1.165) is 12.1 Å². The molecule has 0 bridgehead atoms. The third-order valence-corrected chi connectivity index (χ3v) is 7.57. The number of piperidine rings is 1. The van der Waals surface area contributed by atoms with Crippen LogP contribution in [0.3, 0.4) is 0 Å². The highest BCUT2D eigenvalue weighted by atomic mass is 32.2. The molecule has 1 fully saturated rings. The lowest BCUT2D eigenvalue weighted by Gasteiger charge is -2.33. The summed E-state index contributed by atoms with van der Waals surface area (Å²) in [5.41, 5.74) is 2.22. The number of fused-ring (bicyclic) bond motifs is 1. The van der Waals surface area contributed by atoms with Crippen LogP contribution >= 0.6 is 0 Å². The van der Waals surface area contributed by atoms with Crippen LogP contribution in [0.5, 0.6) is 0 Å². The summed E-state index contributed by atoms with van der Waals surface area (Å²) in [6.07, 6.45) is 5.36. The van der Waals surface area contributed by atoms with Crippen LogP contribution in [0, 0.1) is 5.92 Å². The fraction of sp³-hybridized carbons (Fsp3) is 0.450. The van der Waals surface area contributed by atoms with E-state index in [0.29, 0.717) is 30.8 Å². The predicted molar refractivity (Wildman–Crippen MR) is 104 cm³/mol. The molecular formula is C20H25N3O3S. The number of nitrogens with zero attached hydrogens (tertiary/aromatic N) is 3. The lowest BCUT2D eigenvalue weighted by molar-refractivity contribution is -0.123. The number of para-hydroxylation sites is 1. The van der Waals surface area contributed by atoms with E-state index < -0.39 is 10.0 Å². The first-order valence-electron chi connectivity index (χ1n) is 9.41. The highest BCUT2D eigenvalue weighted by Crippen LogP contribution is 2.35. The van der Waals surface area contributed by atoms with Gasteiger partial charge >= 0.3 is 0 Å². The molecule has 7 heteroatoms. The van der Waals surface area contributed by atoms with E-state index in [-0.39, 0.29) is 17.9 Å². The van der Waals surface area contributed by atoms with Gasteiger partial charge in [-0.05, 0) is 43.9 Å². The minimum absolute atomic E-state index is 0.124. The number of rotatable bonds is 3. The van der Waals surface area contributed by atoms with Gasteiger partial charge in [0.25, 0.3) is 0 Å². The van der Waals surface area contributed by atoms with E-state index in [1.165, 1.54) is 9.87 Å². The van der Waals surface area contributed by atoms with Gasteiger partial charge in [-0.2, -0.15) is 4.31 Å². The van der Waals surface area contributed by atoms with Gasteiger partial charge in [0, 0.05) is 50.2 Å². The maximum atomic E-state index is 13.2. The van der Waals surface area contributed by atoms with Crippen molar-refractivity contribution in [1.29, 1.82) is 0 Å². The standard InChI is InChI=1S/C20H25N3O3S/c1-15-13-17-5-3-4-6-19(17)23(15)20(24)16-7-11-22(12-8-16)27(25,26)18-9-10-21(2)14-18/h3-6,9-10,14-16H,7-8,11-13H2,1-2H3/t15-/m1/s1. The van der Waals surface area contributed by atoms with Crippen molar-refractivity contribution in [3.8, 4) is 0 Å². The van der Waals surface area contributed by atoms with Crippen LogP contribution in [0.1, 0.15) is 25.3 Å². The molecule has 0 radical (unpaired) electrons. The van der Waals surface area contributed by atoms with Gasteiger partial charge in [0.2, 0.25) is 15.9 Å². The van der Waals surface area contributed by atoms with Crippen LogP contribution in [0.15, 0.2) is 47.6 Å². The number of aromatic nitrogens is 1. The van der Waals surface area contributed by atoms with Crippen LogP contribution in [0.2, 0.25) is 0 Å². The van der Waals surface area contributed by atoms with Crippen LogP contribution < -0.4 is 4.90 Å². The molecule has 0 spiro atoms. The lowest BCUT2D eigenvalue weighted by atomic mass is 9.96. The molecule has 3 heterocycles. The zero-order valence-electron chi connectivity index (χ0n) is 15.7. The molecule has 0 unspecified atom stereocenters. The first kappa shape index (κ1) is 18.3. The number of amides is 1. The average molecular weight is 388 g/mol. The fourth-order valence-corrected chi connectivity index (χ4v) is 5.74. The van der Waals surface area contributed by atoms with Crippen LogP contribution in [0.4, 0.5) is 5.69 Å². The second kappa shape index (κ2) is 6.80. The Morgan fingerprint density at radius 1 is 1.11 bits per heavy atom. The summed E-state index contributed by atoms with van der Waals surface area (Å²) >= 11 is 0. The molecule has 0 saturated carbocycles.